The zero-order chi connectivity index (χ0) is 28.0. The van der Waals surface area contributed by atoms with Gasteiger partial charge in [-0.15, -0.1) is 0 Å². The summed E-state index contributed by atoms with van der Waals surface area (Å²) in [7, 11) is -0.183. The fraction of sp³-hybridized carbons (Fsp3) is 0.200. The molecule has 12 nitrogen and oxygen atoms in total. The van der Waals surface area contributed by atoms with Gasteiger partial charge in [-0.2, -0.15) is 0 Å². The highest BCUT2D eigenvalue weighted by atomic mass is 32.2. The maximum Gasteiger partial charge on any atom is 0.338 e. The lowest BCUT2D eigenvalue weighted by molar-refractivity contribution is -0.384. The number of nitrogens with one attached hydrogen (secondary N) is 1. The molecule has 13 heteroatoms. The molecule has 3 aromatic carbocycles. The van der Waals surface area contributed by atoms with Gasteiger partial charge in [0, 0.05) is 18.2 Å². The van der Waals surface area contributed by atoms with Crippen LogP contribution in [0.2, 0.25) is 0 Å². The third kappa shape index (κ3) is 6.18. The molecule has 0 spiro atoms. The Labute approximate surface area is 218 Å². The van der Waals surface area contributed by atoms with Crippen molar-refractivity contribution in [3.8, 4) is 17.2 Å². The van der Waals surface area contributed by atoms with Crippen LogP contribution >= 0.6 is 0 Å². The first kappa shape index (κ1) is 27.9. The number of nitrogens with zero attached hydrogens (tertiary/aromatic N) is 1. The molecule has 0 aliphatic heterocycles. The summed E-state index contributed by atoms with van der Waals surface area (Å²) in [5.74, 6) is -0.731. The minimum absolute atomic E-state index is 0.0519. The van der Waals surface area contributed by atoms with Crippen LogP contribution < -0.4 is 18.9 Å². The molecule has 0 saturated heterocycles. The highest BCUT2D eigenvalue weighted by molar-refractivity contribution is 7.92. The zero-order valence-corrected chi connectivity index (χ0v) is 21.6. The first-order chi connectivity index (χ1) is 18.0. The van der Waals surface area contributed by atoms with E-state index in [1.807, 2.05) is 0 Å². The lowest BCUT2D eigenvalue weighted by Gasteiger charge is -2.15. The fourth-order valence-corrected chi connectivity index (χ4v) is 4.49. The van der Waals surface area contributed by atoms with E-state index in [1.165, 1.54) is 64.7 Å². The van der Waals surface area contributed by atoms with E-state index in [-0.39, 0.29) is 38.9 Å². The Bertz CT molecular complexity index is 1490. The number of methoxy groups -OCH3 is 3. The number of nitro groups is 1. The minimum Gasteiger partial charge on any atom is -0.497 e. The Kier molecular flexibility index (Phi) is 8.53. The summed E-state index contributed by atoms with van der Waals surface area (Å²) in [5.41, 5.74) is -0.490. The number of hydrogen-bond donors (Lipinski definition) is 1. The molecule has 0 radical (unpaired) electrons. The molecule has 38 heavy (non-hydrogen) atoms. The van der Waals surface area contributed by atoms with Gasteiger partial charge in [0.15, 0.2) is 6.10 Å². The number of hydrogen-bond acceptors (Lipinski definition) is 10. The van der Waals surface area contributed by atoms with Crippen molar-refractivity contribution < 1.29 is 41.9 Å². The summed E-state index contributed by atoms with van der Waals surface area (Å²) in [6, 6.07) is 12.9. The van der Waals surface area contributed by atoms with Crippen molar-refractivity contribution in [3.05, 3.63) is 81.9 Å². The lowest BCUT2D eigenvalue weighted by Crippen LogP contribution is -2.25. The van der Waals surface area contributed by atoms with Gasteiger partial charge in [-0.05, 0) is 43.3 Å². The quantitative estimate of drug-likeness (QED) is 0.162. The van der Waals surface area contributed by atoms with Gasteiger partial charge in [0.05, 0.1) is 48.0 Å². The van der Waals surface area contributed by atoms with Crippen molar-refractivity contribution in [2.75, 3.05) is 26.1 Å². The van der Waals surface area contributed by atoms with Gasteiger partial charge < -0.3 is 18.9 Å². The van der Waals surface area contributed by atoms with Crippen molar-refractivity contribution in [1.82, 2.24) is 0 Å². The van der Waals surface area contributed by atoms with Crippen LogP contribution in [0.15, 0.2) is 65.6 Å². The predicted molar refractivity (Wildman–Crippen MR) is 136 cm³/mol. The average molecular weight is 545 g/mol. The predicted octanol–water partition coefficient (Wildman–Crippen LogP) is 3.85. The third-order valence-electron chi connectivity index (χ3n) is 5.35. The molecule has 3 aromatic rings. The van der Waals surface area contributed by atoms with Crippen LogP contribution in [0.5, 0.6) is 17.2 Å². The molecule has 0 aliphatic carbocycles. The molecule has 0 amide bonds. The Balaban J connectivity index is 1.81. The van der Waals surface area contributed by atoms with Crippen molar-refractivity contribution in [1.29, 1.82) is 0 Å². The van der Waals surface area contributed by atoms with Gasteiger partial charge in [-0.25, -0.2) is 13.2 Å². The van der Waals surface area contributed by atoms with Gasteiger partial charge in [0.1, 0.15) is 17.2 Å². The molecule has 0 saturated carbocycles. The standard InChI is InChI=1S/C25H24N2O10S/c1-15(24(28)20-10-9-18(34-2)14-23(20)36-4)37-25(29)16-6-5-7-19(12-16)38(32,33)26-21-13-17(27(30)31)8-11-22(21)35-3/h5-15,26H,1-4H3/t15-/m1/s1. The fourth-order valence-electron chi connectivity index (χ4n) is 3.39. The summed E-state index contributed by atoms with van der Waals surface area (Å²) < 4.78 is 48.9. The topological polar surface area (TPSA) is 160 Å². The number of non-ortho nitro benzene ring substituents is 1. The van der Waals surface area contributed by atoms with Gasteiger partial charge in [-0.1, -0.05) is 6.07 Å². The molecule has 0 unspecified atom stereocenters. The number of carbonyl (C=O) groups is 2. The van der Waals surface area contributed by atoms with E-state index < -0.39 is 32.8 Å². The van der Waals surface area contributed by atoms with E-state index in [2.05, 4.69) is 4.72 Å². The SMILES string of the molecule is COc1ccc(C(=O)[C@@H](C)OC(=O)c2cccc(S(=O)(=O)Nc3cc([N+](=O)[O-])ccc3OC)c2)c(OC)c1. The molecule has 1 N–H and O–H groups in total. The molecule has 3 rings (SSSR count). The molecule has 0 aromatic heterocycles. The Morgan fingerprint density at radius 3 is 2.26 bits per heavy atom. The number of benzene rings is 3. The van der Waals surface area contributed by atoms with Crippen LogP contribution in [0.4, 0.5) is 11.4 Å². The summed E-state index contributed by atoms with van der Waals surface area (Å²) >= 11 is 0. The maximum absolute atomic E-state index is 13.0. The number of carbonyl (C=O) groups excluding carboxylic acids is 2. The van der Waals surface area contributed by atoms with E-state index >= 15 is 0 Å². The third-order valence-corrected chi connectivity index (χ3v) is 6.71. The molecule has 0 bridgehead atoms. The highest BCUT2D eigenvalue weighted by Crippen LogP contribution is 2.31. The van der Waals surface area contributed by atoms with Crippen molar-refractivity contribution >= 4 is 33.2 Å². The van der Waals surface area contributed by atoms with Crippen molar-refractivity contribution in [2.24, 2.45) is 0 Å². The second-order valence-electron chi connectivity index (χ2n) is 7.75. The second kappa shape index (κ2) is 11.6. The molecule has 0 fully saturated rings. The van der Waals surface area contributed by atoms with Crippen LogP contribution in [0.25, 0.3) is 0 Å². The minimum atomic E-state index is -4.30. The molecule has 0 aliphatic rings. The first-order valence-corrected chi connectivity index (χ1v) is 12.4. The summed E-state index contributed by atoms with van der Waals surface area (Å²) in [6.07, 6.45) is -1.22. The van der Waals surface area contributed by atoms with Crippen LogP contribution in [0.1, 0.15) is 27.6 Å². The second-order valence-corrected chi connectivity index (χ2v) is 9.44. The van der Waals surface area contributed by atoms with E-state index in [0.29, 0.717) is 5.75 Å². The number of sulfonamides is 1. The van der Waals surface area contributed by atoms with Crippen LogP contribution in [-0.4, -0.2) is 52.5 Å². The average Bonchev–Trinajstić information content (AvgIpc) is 2.91. The summed E-state index contributed by atoms with van der Waals surface area (Å²) in [5, 5.41) is 11.1. The maximum atomic E-state index is 13.0. The molecule has 1 atom stereocenters. The van der Waals surface area contributed by atoms with E-state index in [0.717, 1.165) is 18.2 Å². The number of rotatable bonds is 11. The van der Waals surface area contributed by atoms with Gasteiger partial charge in [0.25, 0.3) is 15.7 Å². The zero-order valence-electron chi connectivity index (χ0n) is 20.8. The Hall–Kier alpha value is -4.65. The van der Waals surface area contributed by atoms with Crippen LogP contribution in [-0.2, 0) is 14.8 Å². The molecular weight excluding hydrogens is 520 g/mol. The number of Topliss-reactive ketones (excluding diaryl/α,β-unsaturated/α-hetero) is 1. The van der Waals surface area contributed by atoms with Crippen LogP contribution in [0, 0.1) is 10.1 Å². The van der Waals surface area contributed by atoms with E-state index in [4.69, 9.17) is 18.9 Å². The monoisotopic (exact) mass is 544 g/mol. The number of ketones is 1. The van der Waals surface area contributed by atoms with Crippen molar-refractivity contribution in [2.45, 2.75) is 17.9 Å². The van der Waals surface area contributed by atoms with Gasteiger partial charge >= 0.3 is 5.97 Å². The number of ether oxygens (including phenoxy) is 4. The number of esters is 1. The Morgan fingerprint density at radius 1 is 0.921 bits per heavy atom. The van der Waals surface area contributed by atoms with E-state index in [9.17, 15) is 28.1 Å². The normalized spacial score (nSPS) is 11.7. The smallest absolute Gasteiger partial charge is 0.338 e. The molecule has 0 heterocycles. The number of anilines is 1. The summed E-state index contributed by atoms with van der Waals surface area (Å²) in [4.78, 5) is 35.8. The summed E-state index contributed by atoms with van der Waals surface area (Å²) in [6.45, 7) is 1.38. The van der Waals surface area contributed by atoms with Crippen LogP contribution in [0.3, 0.4) is 0 Å². The molecular formula is C25H24N2O10S. The Morgan fingerprint density at radius 2 is 1.63 bits per heavy atom. The van der Waals surface area contributed by atoms with E-state index in [1.54, 1.807) is 6.07 Å². The van der Waals surface area contributed by atoms with Crippen molar-refractivity contribution in [3.63, 3.8) is 0 Å². The van der Waals surface area contributed by atoms with Gasteiger partial charge in [0.2, 0.25) is 5.78 Å². The highest BCUT2D eigenvalue weighted by Gasteiger charge is 2.25. The lowest BCUT2D eigenvalue weighted by atomic mass is 10.1. The molecule has 200 valence electrons. The number of nitro benzene ring substituents is 1. The van der Waals surface area contributed by atoms with Gasteiger partial charge in [-0.3, -0.25) is 19.6 Å². The largest absolute Gasteiger partial charge is 0.497 e. The first-order valence-electron chi connectivity index (χ1n) is 10.9.